The molecule has 8 heterocycles. The van der Waals surface area contributed by atoms with Gasteiger partial charge < -0.3 is 49.2 Å². The lowest BCUT2D eigenvalue weighted by Crippen LogP contribution is -2.48. The van der Waals surface area contributed by atoms with Crippen molar-refractivity contribution in [3.63, 3.8) is 0 Å². The minimum absolute atomic E-state index is 0.0243. The van der Waals surface area contributed by atoms with Gasteiger partial charge in [-0.3, -0.25) is 19.8 Å². The van der Waals surface area contributed by atoms with Gasteiger partial charge in [0.25, 0.3) is 0 Å². The lowest BCUT2D eigenvalue weighted by Gasteiger charge is -2.37. The number of aliphatic hydroxyl groups excluding tert-OH is 2. The number of aliphatic hydroxyl groups is 3. The van der Waals surface area contributed by atoms with Crippen molar-refractivity contribution in [3.8, 4) is 29.0 Å². The number of halogens is 7. The maximum atomic E-state index is 17.4. The van der Waals surface area contributed by atoms with Gasteiger partial charge in [-0.05, 0) is 142 Å². The fraction of sp³-hybridized carbons (Fsp3) is 0.508. The Kier molecular flexibility index (Phi) is 19.4. The van der Waals surface area contributed by atoms with E-state index in [0.717, 1.165) is 19.4 Å². The Balaban J connectivity index is 0.856. The summed E-state index contributed by atoms with van der Waals surface area (Å²) in [6.07, 6.45) is 7.92. The molecule has 0 saturated carbocycles. The van der Waals surface area contributed by atoms with E-state index in [1.54, 1.807) is 31.9 Å². The Morgan fingerprint density at radius 1 is 0.989 bits per heavy atom. The van der Waals surface area contributed by atoms with Gasteiger partial charge in [0.05, 0.1) is 77.4 Å². The highest BCUT2D eigenvalue weighted by Crippen LogP contribution is 2.51. The molecule has 2 aromatic carbocycles. The van der Waals surface area contributed by atoms with E-state index in [1.807, 2.05) is 23.8 Å². The average Bonchev–Trinajstić information content (AvgIpc) is 1.33. The minimum atomic E-state index is -1.54. The summed E-state index contributed by atoms with van der Waals surface area (Å²) in [6, 6.07) is 4.30. The van der Waals surface area contributed by atoms with E-state index < -0.39 is 58.4 Å². The van der Waals surface area contributed by atoms with Crippen molar-refractivity contribution in [2.75, 3.05) is 102 Å². The summed E-state index contributed by atoms with van der Waals surface area (Å²) in [5, 5.41) is 44.8. The van der Waals surface area contributed by atoms with Crippen molar-refractivity contribution >= 4 is 71.4 Å². The molecular formula is C65H75Br2F5N10O8. The number of aromatic nitrogens is 5. The number of aromatic hydroxyl groups is 1. The van der Waals surface area contributed by atoms with Gasteiger partial charge in [-0.1, -0.05) is 35.5 Å². The second-order valence-electron chi connectivity index (χ2n) is 25.1. The van der Waals surface area contributed by atoms with E-state index in [0.29, 0.717) is 91.4 Å². The Bertz CT molecular complexity index is 3740. The van der Waals surface area contributed by atoms with Crippen LogP contribution in [-0.4, -0.2) is 189 Å². The number of aliphatic imine (C=N–C) groups is 1. The Hall–Kier alpha value is -6.19. The standard InChI is InChI=1S/C65H75Br2F5N10O8/c1-36(68)25-64(13-7-15-79(64)6)34-89-61-75-39(4)47(59(77-61)80-17-19-87-31-40(29-80)30-83)27-73-37(2)9-11-42(84)22-44-38(3)53(66)50(70)24-45(44)58-51(71)26-65(14-8-16-82(58)65)35-90-62-76-57-48(60(78-62)81-18-20-88-33-63(5,86)32-81)28-74-56(55(57)72)46-23-43(85)21-41-10-12-49(69)54(67)52(41)46/h10-12,21-24,27-28,36,38,40,51,58,83-86H,2,7-9,13-20,25-26,29-35H2,1,3-6H3/b42-11+,44-22+,73-27?/t36-,38?,40?,51+,58?,63?,64-,65-/m0/s1. The first kappa shape index (κ1) is 65.3. The van der Waals surface area contributed by atoms with Gasteiger partial charge in [0.15, 0.2) is 5.82 Å². The Morgan fingerprint density at radius 3 is 2.50 bits per heavy atom. The summed E-state index contributed by atoms with van der Waals surface area (Å²) in [6.45, 7) is 14.2. The maximum absolute atomic E-state index is 17.4. The van der Waals surface area contributed by atoms with E-state index in [9.17, 15) is 24.8 Å². The molecule has 5 fully saturated rings. The summed E-state index contributed by atoms with van der Waals surface area (Å²) in [5.41, 5.74) is -0.896. The number of aryl methyl sites for hydroxylation is 1. The fourth-order valence-corrected chi connectivity index (χ4v) is 14.7. The second kappa shape index (κ2) is 26.8. The molecule has 5 saturated heterocycles. The predicted octanol–water partition coefficient (Wildman–Crippen LogP) is 11.2. The van der Waals surface area contributed by atoms with Crippen LogP contribution in [0.5, 0.6) is 17.8 Å². The van der Waals surface area contributed by atoms with Gasteiger partial charge in [0.1, 0.15) is 71.0 Å². The van der Waals surface area contributed by atoms with Crippen LogP contribution in [0.3, 0.4) is 0 Å². The lowest BCUT2D eigenvalue weighted by atomic mass is 9.83. The molecule has 1 aliphatic carbocycles. The molecule has 5 aliphatic heterocycles. The number of phenolic OH excluding ortho intramolecular Hbond substituents is 1. The second-order valence-corrected chi connectivity index (χ2v) is 26.8. The zero-order chi connectivity index (χ0) is 64.0. The number of hydrogen-bond acceptors (Lipinski definition) is 18. The van der Waals surface area contributed by atoms with Crippen LogP contribution in [-0.2, 0) is 9.47 Å². The van der Waals surface area contributed by atoms with E-state index >= 15 is 17.6 Å². The van der Waals surface area contributed by atoms with Crippen LogP contribution < -0.4 is 19.3 Å². The first-order valence-electron chi connectivity index (χ1n) is 30.4. The minimum Gasteiger partial charge on any atom is -0.508 e. The topological polar surface area (TPSA) is 208 Å². The molecule has 11 rings (SSSR count). The van der Waals surface area contributed by atoms with Crippen LogP contribution in [0, 0.1) is 30.4 Å². The van der Waals surface area contributed by atoms with Crippen molar-refractivity contribution in [3.05, 3.63) is 116 Å². The first-order valence-corrected chi connectivity index (χ1v) is 32.0. The number of ether oxygens (including phenoxy) is 4. The van der Waals surface area contributed by atoms with Gasteiger partial charge >= 0.3 is 12.0 Å². The highest BCUT2D eigenvalue weighted by Gasteiger charge is 2.57. The molecule has 0 bridgehead atoms. The lowest BCUT2D eigenvalue weighted by molar-refractivity contribution is -0.0123. The van der Waals surface area contributed by atoms with Crippen LogP contribution in [0.1, 0.15) is 77.0 Å². The third-order valence-electron chi connectivity index (χ3n) is 18.3. The molecule has 0 radical (unpaired) electrons. The molecule has 0 amide bonds. The molecule has 8 atom stereocenters. The number of phenols is 1. The largest absolute Gasteiger partial charge is 0.508 e. The third-order valence-corrected chi connectivity index (χ3v) is 20.2. The molecule has 90 heavy (non-hydrogen) atoms. The Morgan fingerprint density at radius 2 is 1.73 bits per heavy atom. The van der Waals surface area contributed by atoms with Gasteiger partial charge in [-0.15, -0.1) is 0 Å². The van der Waals surface area contributed by atoms with Crippen molar-refractivity contribution in [2.24, 2.45) is 16.8 Å². The summed E-state index contributed by atoms with van der Waals surface area (Å²) < 4.78 is 105. The fourth-order valence-electron chi connectivity index (χ4n) is 13.8. The smallest absolute Gasteiger partial charge is 0.319 e. The summed E-state index contributed by atoms with van der Waals surface area (Å²) in [4.78, 5) is 36.1. The number of allylic oxidation sites excluding steroid dienone is 5. The molecule has 4 N–H and O–H groups in total. The molecule has 3 aromatic heterocycles. The number of pyridine rings is 1. The van der Waals surface area contributed by atoms with Crippen molar-refractivity contribution < 1.29 is 61.3 Å². The van der Waals surface area contributed by atoms with Gasteiger partial charge in [0, 0.05) is 84.5 Å². The monoisotopic (exact) mass is 1380 g/mol. The Labute approximate surface area is 536 Å². The highest BCUT2D eigenvalue weighted by atomic mass is 79.9. The number of fused-ring (bicyclic) bond motifs is 3. The number of likely N-dealkylation sites (N-methyl/N-ethyl adjacent to an activating group) is 1. The first-order chi connectivity index (χ1) is 43.0. The molecule has 18 nitrogen and oxygen atoms in total. The zero-order valence-corrected chi connectivity index (χ0v) is 54.1. The number of likely N-dealkylation sites (tertiary alicyclic amines) is 1. The van der Waals surface area contributed by atoms with Crippen LogP contribution >= 0.6 is 31.9 Å². The molecule has 4 unspecified atom stereocenters. The zero-order valence-electron chi connectivity index (χ0n) is 51.0. The number of anilines is 2. The average molecular weight is 1380 g/mol. The van der Waals surface area contributed by atoms with Crippen LogP contribution in [0.2, 0.25) is 0 Å². The number of rotatable bonds is 18. The number of hydrogen-bond donors (Lipinski definition) is 4. The van der Waals surface area contributed by atoms with Gasteiger partial charge in [-0.2, -0.15) is 19.9 Å². The number of alkyl halides is 2. The van der Waals surface area contributed by atoms with Crippen LogP contribution in [0.4, 0.5) is 33.6 Å². The number of nitrogens with zero attached hydrogens (tertiary/aromatic N) is 10. The number of benzene rings is 2. The van der Waals surface area contributed by atoms with Crippen molar-refractivity contribution in [2.45, 2.75) is 108 Å². The van der Waals surface area contributed by atoms with Crippen molar-refractivity contribution in [1.82, 2.24) is 34.7 Å². The number of β-amino-alcohol motifs (C(OH)–C–C–N with tert-alkyl or cyclic N) is 1. The van der Waals surface area contributed by atoms with E-state index in [2.05, 4.69) is 53.3 Å². The molecule has 5 aromatic rings. The summed E-state index contributed by atoms with van der Waals surface area (Å²) >= 11 is 6.74. The highest BCUT2D eigenvalue weighted by molar-refractivity contribution is 9.11. The van der Waals surface area contributed by atoms with E-state index in [-0.39, 0.29) is 131 Å². The van der Waals surface area contributed by atoms with Crippen LogP contribution in [0.25, 0.3) is 32.9 Å². The third kappa shape index (κ3) is 13.4. The summed E-state index contributed by atoms with van der Waals surface area (Å²) in [7, 11) is 1.98. The normalized spacial score (nSPS) is 27.3. The molecule has 482 valence electrons. The SMILES string of the molecule is C=C(C/C=C(O)\C=C1\C(C2[C@H](F)C[C@]3(COc4nc(N5CCOCC(C)(O)C5)c5cnc(-c6cc(O)cc7ccc(F)c(Br)c67)c(F)c5n4)CCCN23)=CC(F)=C(Br)C1C)N=Cc1c(C)nc(OC[C@@]2(C[C@H](C)F)CCCN2C)nc1N1CCOCC(CO)C1. The van der Waals surface area contributed by atoms with Crippen LogP contribution in [0.15, 0.2) is 97.6 Å². The molecule has 25 heteroatoms. The van der Waals surface area contributed by atoms with E-state index in [1.165, 1.54) is 48.7 Å². The molecule has 0 spiro atoms. The van der Waals surface area contributed by atoms with Gasteiger partial charge in [0.2, 0.25) is 0 Å². The van der Waals surface area contributed by atoms with E-state index in [4.69, 9.17) is 38.9 Å². The quantitative estimate of drug-likeness (QED) is 0.0365. The molecular weight excluding hydrogens is 1300 g/mol. The van der Waals surface area contributed by atoms with Crippen molar-refractivity contribution in [1.29, 1.82) is 0 Å². The predicted molar refractivity (Wildman–Crippen MR) is 341 cm³/mol. The maximum Gasteiger partial charge on any atom is 0.319 e. The molecule has 6 aliphatic rings. The van der Waals surface area contributed by atoms with Gasteiger partial charge in [-0.25, -0.2) is 22.0 Å². The summed E-state index contributed by atoms with van der Waals surface area (Å²) in [5.74, 6) is -2.66.